The van der Waals surface area contributed by atoms with Crippen LogP contribution in [0.4, 0.5) is 0 Å². The van der Waals surface area contributed by atoms with Crippen LogP contribution in [0.15, 0.2) is 35.4 Å². The fourth-order valence-corrected chi connectivity index (χ4v) is 1.60. The molecule has 0 aliphatic heterocycles. The van der Waals surface area contributed by atoms with Gasteiger partial charge in [0, 0.05) is 20.8 Å². The van der Waals surface area contributed by atoms with Gasteiger partial charge >= 0.3 is 0 Å². The molecule has 0 aliphatic carbocycles. The number of allylic oxidation sites excluding steroid dienone is 1. The molecule has 1 rings (SSSR count). The van der Waals surface area contributed by atoms with Gasteiger partial charge in [-0.3, -0.25) is 0 Å². The first-order valence-corrected chi connectivity index (χ1v) is 5.74. The van der Waals surface area contributed by atoms with Gasteiger partial charge in [-0.1, -0.05) is 30.3 Å². The van der Waals surface area contributed by atoms with Crippen molar-refractivity contribution in [2.75, 3.05) is 20.8 Å². The molecule has 1 N–H and O–H groups in total. The van der Waals surface area contributed by atoms with Gasteiger partial charge in [-0.05, 0) is 30.0 Å². The van der Waals surface area contributed by atoms with Crippen LogP contribution in [0.25, 0.3) is 5.57 Å². The molecule has 0 saturated heterocycles. The largest absolute Gasteiger partial charge is 0.384 e. The van der Waals surface area contributed by atoms with Crippen LogP contribution in [0.2, 0.25) is 0 Å². The molecule has 0 atom stereocenters. The Kier molecular flexibility index (Phi) is 6.04. The Bertz CT molecular complexity index is 397. The van der Waals surface area contributed by atoms with Crippen molar-refractivity contribution in [1.82, 2.24) is 5.43 Å². The van der Waals surface area contributed by atoms with Gasteiger partial charge in [-0.25, -0.2) is 0 Å². The quantitative estimate of drug-likeness (QED) is 0.464. The lowest BCUT2D eigenvalue weighted by atomic mass is 10.0. The molecule has 0 radical (unpaired) electrons. The normalized spacial score (nSPS) is 12.1. The van der Waals surface area contributed by atoms with Crippen molar-refractivity contribution in [3.63, 3.8) is 0 Å². The van der Waals surface area contributed by atoms with Crippen molar-refractivity contribution < 1.29 is 4.74 Å². The summed E-state index contributed by atoms with van der Waals surface area (Å²) in [7, 11) is 3.50. The van der Waals surface area contributed by atoms with E-state index in [2.05, 4.69) is 35.7 Å². The van der Waals surface area contributed by atoms with E-state index in [4.69, 9.17) is 4.74 Å². The minimum atomic E-state index is 0.725. The second-order valence-electron chi connectivity index (χ2n) is 3.74. The molecule has 1 aromatic carbocycles. The molecule has 17 heavy (non-hydrogen) atoms. The predicted molar refractivity (Wildman–Crippen MR) is 73.2 cm³/mol. The van der Waals surface area contributed by atoms with E-state index in [1.54, 1.807) is 14.2 Å². The number of hydrogen-bond acceptors (Lipinski definition) is 3. The lowest BCUT2D eigenvalue weighted by Gasteiger charge is -2.06. The van der Waals surface area contributed by atoms with Crippen LogP contribution in [0, 0.1) is 6.92 Å². The number of hydrazone groups is 1. The van der Waals surface area contributed by atoms with Crippen LogP contribution in [-0.2, 0) is 4.74 Å². The van der Waals surface area contributed by atoms with E-state index in [9.17, 15) is 0 Å². The predicted octanol–water partition coefficient (Wildman–Crippen LogP) is 2.62. The van der Waals surface area contributed by atoms with Crippen LogP contribution in [0.1, 0.15) is 17.5 Å². The highest BCUT2D eigenvalue weighted by atomic mass is 16.5. The molecule has 0 heterocycles. The van der Waals surface area contributed by atoms with E-state index >= 15 is 0 Å². The van der Waals surface area contributed by atoms with Crippen LogP contribution in [-0.4, -0.2) is 27.0 Å². The van der Waals surface area contributed by atoms with Gasteiger partial charge in [-0.15, -0.1) is 0 Å². The topological polar surface area (TPSA) is 33.6 Å². The number of methoxy groups -OCH3 is 1. The number of aryl methyl sites for hydroxylation is 1. The number of ether oxygens (including phenoxy) is 1. The van der Waals surface area contributed by atoms with Crippen molar-refractivity contribution in [2.24, 2.45) is 5.10 Å². The number of hydrogen-bond donors (Lipinski definition) is 1. The maximum Gasteiger partial charge on any atom is 0.0543 e. The van der Waals surface area contributed by atoms with Gasteiger partial charge in [0.25, 0.3) is 0 Å². The number of rotatable bonds is 6. The number of benzene rings is 1. The highest BCUT2D eigenvalue weighted by Gasteiger charge is 2.01. The van der Waals surface area contributed by atoms with Gasteiger partial charge in [0.15, 0.2) is 0 Å². The van der Waals surface area contributed by atoms with E-state index in [0.717, 1.165) is 18.6 Å². The fourth-order valence-electron chi connectivity index (χ4n) is 1.60. The summed E-state index contributed by atoms with van der Waals surface area (Å²) in [6.45, 7) is 2.83. The van der Waals surface area contributed by atoms with Crippen LogP contribution in [0.3, 0.4) is 0 Å². The third kappa shape index (κ3) is 4.41. The minimum Gasteiger partial charge on any atom is -0.384 e. The van der Waals surface area contributed by atoms with Crippen molar-refractivity contribution >= 4 is 11.8 Å². The molecule has 0 saturated carbocycles. The first kappa shape index (κ1) is 13.5. The van der Waals surface area contributed by atoms with E-state index in [-0.39, 0.29) is 0 Å². The lowest BCUT2D eigenvalue weighted by Crippen LogP contribution is -1.98. The Hall–Kier alpha value is -1.61. The second-order valence-corrected chi connectivity index (χ2v) is 3.74. The van der Waals surface area contributed by atoms with E-state index in [1.165, 1.54) is 11.1 Å². The minimum absolute atomic E-state index is 0.725. The zero-order valence-corrected chi connectivity index (χ0v) is 10.7. The van der Waals surface area contributed by atoms with Crippen molar-refractivity contribution in [3.05, 3.63) is 41.5 Å². The third-order valence-electron chi connectivity index (χ3n) is 2.48. The van der Waals surface area contributed by atoms with Crippen molar-refractivity contribution in [1.29, 1.82) is 0 Å². The zero-order chi connectivity index (χ0) is 12.5. The van der Waals surface area contributed by atoms with Gasteiger partial charge in [0.05, 0.1) is 6.21 Å². The Morgan fingerprint density at radius 3 is 2.82 bits per heavy atom. The van der Waals surface area contributed by atoms with Gasteiger partial charge < -0.3 is 10.2 Å². The molecule has 0 spiro atoms. The Balaban J connectivity index is 2.94. The first-order valence-electron chi connectivity index (χ1n) is 5.74. The summed E-state index contributed by atoms with van der Waals surface area (Å²) in [6.07, 6.45) is 4.88. The maximum atomic E-state index is 5.06. The van der Waals surface area contributed by atoms with Crippen LogP contribution >= 0.6 is 0 Å². The lowest BCUT2D eigenvalue weighted by molar-refractivity contribution is 0.204. The van der Waals surface area contributed by atoms with Gasteiger partial charge in [-0.2, -0.15) is 5.10 Å². The average molecular weight is 232 g/mol. The molecule has 0 fully saturated rings. The molecule has 3 heteroatoms. The summed E-state index contributed by atoms with van der Waals surface area (Å²) < 4.78 is 5.06. The standard InChI is InChI=1S/C14H20N2O/c1-12-7-4-5-9-14(12)13(11-16-15-2)8-6-10-17-3/h4-5,7-9,11,15H,6,10H2,1-3H3/b13-8-,16-11+. The average Bonchev–Trinajstić information content (AvgIpc) is 2.35. The van der Waals surface area contributed by atoms with Gasteiger partial charge in [0.1, 0.15) is 0 Å². The fraction of sp³-hybridized carbons (Fsp3) is 0.357. The molecule has 0 aromatic heterocycles. The Morgan fingerprint density at radius 2 is 2.18 bits per heavy atom. The smallest absolute Gasteiger partial charge is 0.0543 e. The summed E-state index contributed by atoms with van der Waals surface area (Å²) in [5, 5.41) is 4.08. The molecule has 3 nitrogen and oxygen atoms in total. The molecule has 1 aromatic rings. The highest BCUT2D eigenvalue weighted by Crippen LogP contribution is 2.17. The first-order chi connectivity index (χ1) is 8.29. The SMILES string of the molecule is CN/N=C/C(=C/CCOC)c1ccccc1C. The number of nitrogens with one attached hydrogen (secondary N) is 1. The Labute approximate surface area is 103 Å². The van der Waals surface area contributed by atoms with E-state index in [1.807, 2.05) is 18.3 Å². The maximum absolute atomic E-state index is 5.06. The molecule has 0 amide bonds. The molecule has 0 unspecified atom stereocenters. The molecular formula is C14H20N2O. The molecule has 0 aliphatic rings. The molecule has 0 bridgehead atoms. The summed E-state index contributed by atoms with van der Waals surface area (Å²) >= 11 is 0. The summed E-state index contributed by atoms with van der Waals surface area (Å²) in [5.41, 5.74) is 6.35. The third-order valence-corrected chi connectivity index (χ3v) is 2.48. The zero-order valence-electron chi connectivity index (χ0n) is 10.7. The second kappa shape index (κ2) is 7.63. The highest BCUT2D eigenvalue weighted by molar-refractivity contribution is 6.10. The number of nitrogens with zero attached hydrogens (tertiary/aromatic N) is 1. The summed E-state index contributed by atoms with van der Waals surface area (Å²) in [5.74, 6) is 0. The van der Waals surface area contributed by atoms with Crippen molar-refractivity contribution in [3.8, 4) is 0 Å². The van der Waals surface area contributed by atoms with Crippen LogP contribution < -0.4 is 5.43 Å². The van der Waals surface area contributed by atoms with E-state index < -0.39 is 0 Å². The summed E-state index contributed by atoms with van der Waals surface area (Å²) in [6, 6.07) is 8.29. The molecular weight excluding hydrogens is 212 g/mol. The van der Waals surface area contributed by atoms with Crippen molar-refractivity contribution in [2.45, 2.75) is 13.3 Å². The van der Waals surface area contributed by atoms with Gasteiger partial charge in [0.2, 0.25) is 0 Å². The van der Waals surface area contributed by atoms with Crippen LogP contribution in [0.5, 0.6) is 0 Å². The van der Waals surface area contributed by atoms with E-state index in [0.29, 0.717) is 0 Å². The molecule has 92 valence electrons. The monoisotopic (exact) mass is 232 g/mol. The summed E-state index contributed by atoms with van der Waals surface area (Å²) in [4.78, 5) is 0. The Morgan fingerprint density at radius 1 is 1.41 bits per heavy atom.